The molecular formula is C10H19N3O2. The molecule has 86 valence electrons. The molecule has 0 heterocycles. The van der Waals surface area contributed by atoms with E-state index in [1.165, 1.54) is 0 Å². The molecule has 5 nitrogen and oxygen atoms in total. The minimum atomic E-state index is -0.349. The van der Waals surface area contributed by atoms with Gasteiger partial charge in [0.25, 0.3) is 0 Å². The maximum absolute atomic E-state index is 11.6. The molecule has 1 saturated carbocycles. The van der Waals surface area contributed by atoms with E-state index in [2.05, 4.69) is 5.32 Å². The molecule has 1 atom stereocenters. The first kappa shape index (κ1) is 12.0. The van der Waals surface area contributed by atoms with Crippen molar-refractivity contribution in [2.45, 2.75) is 38.3 Å². The highest BCUT2D eigenvalue weighted by Gasteiger charge is 2.29. The van der Waals surface area contributed by atoms with Crippen LogP contribution in [0.25, 0.3) is 0 Å². The monoisotopic (exact) mass is 213 g/mol. The SMILES string of the molecule is CC(CC(N)=O)NCC(=O)N(C)C1CC1. The van der Waals surface area contributed by atoms with Crippen molar-refractivity contribution >= 4 is 11.8 Å². The van der Waals surface area contributed by atoms with Crippen molar-refractivity contribution in [3.8, 4) is 0 Å². The molecule has 3 N–H and O–H groups in total. The number of nitrogens with zero attached hydrogens (tertiary/aromatic N) is 1. The van der Waals surface area contributed by atoms with Gasteiger partial charge in [0.05, 0.1) is 6.54 Å². The van der Waals surface area contributed by atoms with Crippen molar-refractivity contribution in [3.05, 3.63) is 0 Å². The molecule has 1 rings (SSSR count). The van der Waals surface area contributed by atoms with Gasteiger partial charge in [0.1, 0.15) is 0 Å². The molecule has 1 unspecified atom stereocenters. The summed E-state index contributed by atoms with van der Waals surface area (Å²) in [5.41, 5.74) is 5.04. The smallest absolute Gasteiger partial charge is 0.236 e. The van der Waals surface area contributed by atoms with Crippen LogP contribution in [0.2, 0.25) is 0 Å². The average molecular weight is 213 g/mol. The standard InChI is InChI=1S/C10H19N3O2/c1-7(5-9(11)14)12-6-10(15)13(2)8-3-4-8/h7-8,12H,3-6H2,1-2H3,(H2,11,14). The molecule has 1 aliphatic rings. The van der Waals surface area contributed by atoms with Gasteiger partial charge in [-0.3, -0.25) is 9.59 Å². The molecule has 5 heteroatoms. The Morgan fingerprint density at radius 2 is 2.13 bits per heavy atom. The number of hydrogen-bond acceptors (Lipinski definition) is 3. The van der Waals surface area contributed by atoms with Crippen LogP contribution in [0.5, 0.6) is 0 Å². The van der Waals surface area contributed by atoms with Crippen molar-refractivity contribution < 1.29 is 9.59 Å². The number of likely N-dealkylation sites (N-methyl/N-ethyl adjacent to an activating group) is 1. The zero-order valence-corrected chi connectivity index (χ0v) is 9.32. The van der Waals surface area contributed by atoms with E-state index in [4.69, 9.17) is 5.73 Å². The zero-order chi connectivity index (χ0) is 11.4. The van der Waals surface area contributed by atoms with Gasteiger partial charge in [-0.1, -0.05) is 0 Å². The predicted octanol–water partition coefficient (Wildman–Crippen LogP) is -0.539. The summed E-state index contributed by atoms with van der Waals surface area (Å²) in [5, 5.41) is 2.99. The molecule has 0 bridgehead atoms. The summed E-state index contributed by atoms with van der Waals surface area (Å²) >= 11 is 0. The van der Waals surface area contributed by atoms with Crippen LogP contribution in [0.15, 0.2) is 0 Å². The van der Waals surface area contributed by atoms with Crippen LogP contribution in [0.4, 0.5) is 0 Å². The quantitative estimate of drug-likeness (QED) is 0.622. The van der Waals surface area contributed by atoms with E-state index in [9.17, 15) is 9.59 Å². The molecule has 0 radical (unpaired) electrons. The third kappa shape index (κ3) is 4.29. The number of primary amides is 1. The summed E-state index contributed by atoms with van der Waals surface area (Å²) in [6.07, 6.45) is 2.48. The lowest BCUT2D eigenvalue weighted by molar-refractivity contribution is -0.129. The second-order valence-corrected chi connectivity index (χ2v) is 4.19. The number of hydrogen-bond donors (Lipinski definition) is 2. The van der Waals surface area contributed by atoms with Gasteiger partial charge in [-0.2, -0.15) is 0 Å². The minimum Gasteiger partial charge on any atom is -0.370 e. The third-order valence-electron chi connectivity index (χ3n) is 2.60. The number of rotatable bonds is 6. The van der Waals surface area contributed by atoms with E-state index < -0.39 is 0 Å². The Labute approximate surface area is 90.0 Å². The number of carbonyl (C=O) groups is 2. The summed E-state index contributed by atoms with van der Waals surface area (Å²) in [5.74, 6) is -0.271. The normalized spacial score (nSPS) is 17.2. The average Bonchev–Trinajstić information content (AvgIpc) is 2.95. The fourth-order valence-electron chi connectivity index (χ4n) is 1.43. The Morgan fingerprint density at radius 1 is 1.53 bits per heavy atom. The summed E-state index contributed by atoms with van der Waals surface area (Å²) in [4.78, 5) is 23.9. The number of nitrogens with two attached hydrogens (primary N) is 1. The molecule has 1 aliphatic carbocycles. The van der Waals surface area contributed by atoms with Crippen molar-refractivity contribution in [1.29, 1.82) is 0 Å². The van der Waals surface area contributed by atoms with E-state index in [0.29, 0.717) is 6.04 Å². The Morgan fingerprint density at radius 3 is 2.60 bits per heavy atom. The van der Waals surface area contributed by atoms with Crippen LogP contribution >= 0.6 is 0 Å². The van der Waals surface area contributed by atoms with Gasteiger partial charge in [-0.05, 0) is 19.8 Å². The summed E-state index contributed by atoms with van der Waals surface area (Å²) < 4.78 is 0. The topological polar surface area (TPSA) is 75.4 Å². The maximum atomic E-state index is 11.6. The largest absolute Gasteiger partial charge is 0.370 e. The van der Waals surface area contributed by atoms with Crippen LogP contribution in [-0.4, -0.2) is 42.4 Å². The van der Waals surface area contributed by atoms with E-state index in [0.717, 1.165) is 12.8 Å². The lowest BCUT2D eigenvalue weighted by atomic mass is 10.2. The van der Waals surface area contributed by atoms with Gasteiger partial charge in [-0.15, -0.1) is 0 Å². The van der Waals surface area contributed by atoms with Crippen LogP contribution < -0.4 is 11.1 Å². The van der Waals surface area contributed by atoms with Crippen molar-refractivity contribution in [2.24, 2.45) is 5.73 Å². The Balaban J connectivity index is 2.17. The maximum Gasteiger partial charge on any atom is 0.236 e. The first-order valence-electron chi connectivity index (χ1n) is 5.28. The predicted molar refractivity (Wildman–Crippen MR) is 57.1 cm³/mol. The van der Waals surface area contributed by atoms with Gasteiger partial charge in [0.2, 0.25) is 11.8 Å². The highest BCUT2D eigenvalue weighted by Crippen LogP contribution is 2.25. The first-order valence-corrected chi connectivity index (χ1v) is 5.28. The molecule has 15 heavy (non-hydrogen) atoms. The van der Waals surface area contributed by atoms with Crippen LogP contribution in [0.3, 0.4) is 0 Å². The van der Waals surface area contributed by atoms with Crippen LogP contribution in [0.1, 0.15) is 26.2 Å². The van der Waals surface area contributed by atoms with E-state index in [1.54, 1.807) is 4.90 Å². The van der Waals surface area contributed by atoms with Gasteiger partial charge >= 0.3 is 0 Å². The van der Waals surface area contributed by atoms with E-state index >= 15 is 0 Å². The van der Waals surface area contributed by atoms with Crippen molar-refractivity contribution in [2.75, 3.05) is 13.6 Å². The third-order valence-corrected chi connectivity index (χ3v) is 2.60. The highest BCUT2D eigenvalue weighted by atomic mass is 16.2. The molecule has 2 amide bonds. The van der Waals surface area contributed by atoms with Crippen molar-refractivity contribution in [3.63, 3.8) is 0 Å². The van der Waals surface area contributed by atoms with Gasteiger partial charge in [0.15, 0.2) is 0 Å². The zero-order valence-electron chi connectivity index (χ0n) is 9.32. The number of amides is 2. The molecule has 0 aromatic carbocycles. The molecule has 0 spiro atoms. The number of carbonyl (C=O) groups excluding carboxylic acids is 2. The van der Waals surface area contributed by atoms with Crippen LogP contribution in [-0.2, 0) is 9.59 Å². The Bertz CT molecular complexity index is 251. The second-order valence-electron chi connectivity index (χ2n) is 4.19. The van der Waals surface area contributed by atoms with E-state index in [-0.39, 0.29) is 30.8 Å². The summed E-state index contributed by atoms with van der Waals surface area (Å²) in [6.45, 7) is 2.12. The van der Waals surface area contributed by atoms with E-state index in [1.807, 2.05) is 14.0 Å². The highest BCUT2D eigenvalue weighted by molar-refractivity contribution is 5.79. The molecule has 0 aromatic heterocycles. The fourth-order valence-corrected chi connectivity index (χ4v) is 1.43. The lowest BCUT2D eigenvalue weighted by Crippen LogP contribution is -2.41. The second kappa shape index (κ2) is 5.11. The van der Waals surface area contributed by atoms with Gasteiger partial charge in [0, 0.05) is 25.6 Å². The Hall–Kier alpha value is -1.10. The van der Waals surface area contributed by atoms with Gasteiger partial charge in [-0.25, -0.2) is 0 Å². The minimum absolute atomic E-state index is 0.0425. The fraction of sp³-hybridized carbons (Fsp3) is 0.800. The number of nitrogens with one attached hydrogen (secondary N) is 1. The summed E-state index contributed by atoms with van der Waals surface area (Å²) in [6, 6.07) is 0.393. The molecule has 1 fully saturated rings. The Kier molecular flexibility index (Phi) is 4.08. The summed E-state index contributed by atoms with van der Waals surface area (Å²) in [7, 11) is 1.82. The lowest BCUT2D eigenvalue weighted by Gasteiger charge is -2.18. The van der Waals surface area contributed by atoms with Crippen LogP contribution in [0, 0.1) is 0 Å². The first-order chi connectivity index (χ1) is 7.00. The molecule has 0 aliphatic heterocycles. The molecule has 0 aromatic rings. The molecular weight excluding hydrogens is 194 g/mol. The van der Waals surface area contributed by atoms with Gasteiger partial charge < -0.3 is 16.0 Å². The molecule has 0 saturated heterocycles. The van der Waals surface area contributed by atoms with Crippen molar-refractivity contribution in [1.82, 2.24) is 10.2 Å².